The molecule has 0 saturated heterocycles. The average molecular weight is 213 g/mol. The number of ketones is 2. The minimum atomic E-state index is -0.565. The standard InChI is InChI=1S/C10H19N3O2/c1-5(7(3)14)9(8(4)15)13-6(2)10(11)12/h5,9,13H,11-12H2,1-4H3. The second kappa shape index (κ2) is 5.38. The summed E-state index contributed by atoms with van der Waals surface area (Å²) in [6, 6.07) is -0.565. The van der Waals surface area contributed by atoms with Crippen molar-refractivity contribution in [2.24, 2.45) is 17.4 Å². The normalized spacial score (nSPS) is 13.9. The largest absolute Gasteiger partial charge is 0.384 e. The van der Waals surface area contributed by atoms with Gasteiger partial charge in [0.05, 0.1) is 6.04 Å². The maximum Gasteiger partial charge on any atom is 0.152 e. The number of nitrogens with one attached hydrogen (secondary N) is 1. The van der Waals surface area contributed by atoms with Crippen molar-refractivity contribution in [2.45, 2.75) is 33.7 Å². The Kier molecular flexibility index (Phi) is 4.84. The Morgan fingerprint density at radius 2 is 1.53 bits per heavy atom. The Hall–Kier alpha value is -1.52. The molecule has 86 valence electrons. The van der Waals surface area contributed by atoms with Gasteiger partial charge in [-0.3, -0.25) is 9.59 Å². The van der Waals surface area contributed by atoms with E-state index in [1.54, 1.807) is 13.8 Å². The van der Waals surface area contributed by atoms with Crippen LogP contribution in [0.25, 0.3) is 0 Å². The van der Waals surface area contributed by atoms with E-state index in [1.807, 2.05) is 0 Å². The Morgan fingerprint density at radius 3 is 1.80 bits per heavy atom. The van der Waals surface area contributed by atoms with Gasteiger partial charge in [-0.15, -0.1) is 0 Å². The summed E-state index contributed by atoms with van der Waals surface area (Å²) in [4.78, 5) is 22.5. The molecule has 0 aliphatic heterocycles. The van der Waals surface area contributed by atoms with Crippen molar-refractivity contribution >= 4 is 11.6 Å². The molecule has 0 amide bonds. The maximum absolute atomic E-state index is 11.3. The summed E-state index contributed by atoms with van der Waals surface area (Å²) in [6.45, 7) is 6.24. The van der Waals surface area contributed by atoms with E-state index < -0.39 is 12.0 Å². The third kappa shape index (κ3) is 4.01. The Morgan fingerprint density at radius 1 is 1.07 bits per heavy atom. The van der Waals surface area contributed by atoms with Crippen LogP contribution in [0.15, 0.2) is 11.5 Å². The molecule has 15 heavy (non-hydrogen) atoms. The lowest BCUT2D eigenvalue weighted by Gasteiger charge is -2.22. The van der Waals surface area contributed by atoms with Crippen LogP contribution in [0.1, 0.15) is 27.7 Å². The molecule has 0 aromatic rings. The van der Waals surface area contributed by atoms with Crippen LogP contribution in [0.3, 0.4) is 0 Å². The van der Waals surface area contributed by atoms with E-state index in [0.29, 0.717) is 5.70 Å². The fourth-order valence-corrected chi connectivity index (χ4v) is 1.13. The van der Waals surface area contributed by atoms with E-state index >= 15 is 0 Å². The Labute approximate surface area is 89.9 Å². The second-order valence-corrected chi connectivity index (χ2v) is 3.71. The molecule has 0 aromatic heterocycles. The van der Waals surface area contributed by atoms with E-state index in [-0.39, 0.29) is 17.4 Å². The average Bonchev–Trinajstić information content (AvgIpc) is 2.11. The van der Waals surface area contributed by atoms with Gasteiger partial charge >= 0.3 is 0 Å². The SMILES string of the molecule is CC(=O)C(C)C(NC(C)=C(N)N)C(C)=O. The first-order chi connectivity index (χ1) is 6.77. The van der Waals surface area contributed by atoms with Crippen LogP contribution in [-0.4, -0.2) is 17.6 Å². The molecule has 0 aliphatic carbocycles. The molecule has 2 unspecified atom stereocenters. The second-order valence-electron chi connectivity index (χ2n) is 3.71. The van der Waals surface area contributed by atoms with E-state index in [2.05, 4.69) is 5.32 Å². The lowest BCUT2D eigenvalue weighted by molar-refractivity contribution is -0.127. The molecule has 0 aromatic carbocycles. The van der Waals surface area contributed by atoms with E-state index in [4.69, 9.17) is 11.5 Å². The number of rotatable bonds is 5. The summed E-state index contributed by atoms with van der Waals surface area (Å²) >= 11 is 0. The van der Waals surface area contributed by atoms with Crippen LogP contribution in [0, 0.1) is 5.92 Å². The van der Waals surface area contributed by atoms with Gasteiger partial charge in [-0.1, -0.05) is 6.92 Å². The van der Waals surface area contributed by atoms with Gasteiger partial charge in [0.1, 0.15) is 11.6 Å². The molecule has 0 spiro atoms. The van der Waals surface area contributed by atoms with Gasteiger partial charge in [0.2, 0.25) is 0 Å². The van der Waals surface area contributed by atoms with Crippen molar-refractivity contribution in [1.29, 1.82) is 0 Å². The Bertz CT molecular complexity index is 293. The summed E-state index contributed by atoms with van der Waals surface area (Å²) < 4.78 is 0. The van der Waals surface area contributed by atoms with Gasteiger partial charge in [0, 0.05) is 11.6 Å². The van der Waals surface area contributed by atoms with Crippen molar-refractivity contribution in [2.75, 3.05) is 0 Å². The lowest BCUT2D eigenvalue weighted by Crippen LogP contribution is -2.43. The topological polar surface area (TPSA) is 98.2 Å². The summed E-state index contributed by atoms with van der Waals surface area (Å²) in [6.07, 6.45) is 0. The first-order valence-electron chi connectivity index (χ1n) is 4.76. The van der Waals surface area contributed by atoms with Gasteiger partial charge in [-0.25, -0.2) is 0 Å². The molecule has 5 nitrogen and oxygen atoms in total. The third-order valence-corrected chi connectivity index (χ3v) is 2.38. The van der Waals surface area contributed by atoms with Crippen LogP contribution in [0.5, 0.6) is 0 Å². The summed E-state index contributed by atoms with van der Waals surface area (Å²) in [7, 11) is 0. The fraction of sp³-hybridized carbons (Fsp3) is 0.600. The maximum atomic E-state index is 11.3. The fourth-order valence-electron chi connectivity index (χ4n) is 1.13. The van der Waals surface area contributed by atoms with Crippen molar-refractivity contribution in [3.63, 3.8) is 0 Å². The van der Waals surface area contributed by atoms with E-state index in [0.717, 1.165) is 0 Å². The molecular formula is C10H19N3O2. The van der Waals surface area contributed by atoms with Crippen molar-refractivity contribution in [3.05, 3.63) is 11.5 Å². The minimum absolute atomic E-state index is 0.0499. The van der Waals surface area contributed by atoms with Gasteiger partial charge < -0.3 is 16.8 Å². The Balaban J connectivity index is 4.78. The highest BCUT2D eigenvalue weighted by Gasteiger charge is 2.25. The van der Waals surface area contributed by atoms with Gasteiger partial charge in [0.15, 0.2) is 5.78 Å². The van der Waals surface area contributed by atoms with Gasteiger partial charge in [-0.05, 0) is 20.8 Å². The summed E-state index contributed by atoms with van der Waals surface area (Å²) in [5, 5.41) is 2.86. The molecule has 5 N–H and O–H groups in total. The van der Waals surface area contributed by atoms with Crippen molar-refractivity contribution in [1.82, 2.24) is 5.32 Å². The first kappa shape index (κ1) is 13.5. The van der Waals surface area contributed by atoms with Gasteiger partial charge in [0.25, 0.3) is 0 Å². The number of hydrogen-bond donors (Lipinski definition) is 3. The molecule has 0 saturated carbocycles. The molecular weight excluding hydrogens is 194 g/mol. The molecule has 0 rings (SSSR count). The lowest BCUT2D eigenvalue weighted by atomic mass is 9.95. The van der Waals surface area contributed by atoms with Crippen molar-refractivity contribution < 1.29 is 9.59 Å². The number of nitrogens with two attached hydrogens (primary N) is 2. The molecule has 0 aliphatic rings. The monoisotopic (exact) mass is 213 g/mol. The zero-order chi connectivity index (χ0) is 12.2. The molecule has 0 bridgehead atoms. The predicted molar refractivity (Wildman–Crippen MR) is 58.5 cm³/mol. The highest BCUT2D eigenvalue weighted by atomic mass is 16.1. The number of allylic oxidation sites excluding steroid dienone is 1. The first-order valence-corrected chi connectivity index (χ1v) is 4.76. The van der Waals surface area contributed by atoms with Crippen LogP contribution in [0.2, 0.25) is 0 Å². The molecule has 0 radical (unpaired) electrons. The van der Waals surface area contributed by atoms with E-state index in [9.17, 15) is 9.59 Å². The van der Waals surface area contributed by atoms with E-state index in [1.165, 1.54) is 13.8 Å². The zero-order valence-electron chi connectivity index (χ0n) is 9.63. The third-order valence-electron chi connectivity index (χ3n) is 2.38. The highest BCUT2D eigenvalue weighted by Crippen LogP contribution is 2.08. The number of hydrogen-bond acceptors (Lipinski definition) is 5. The summed E-state index contributed by atoms with van der Waals surface area (Å²) in [5.74, 6) is -0.432. The quantitative estimate of drug-likeness (QED) is 0.590. The van der Waals surface area contributed by atoms with Crippen LogP contribution in [-0.2, 0) is 9.59 Å². The molecule has 0 fully saturated rings. The van der Waals surface area contributed by atoms with Crippen LogP contribution < -0.4 is 16.8 Å². The molecule has 2 atom stereocenters. The summed E-state index contributed by atoms with van der Waals surface area (Å²) in [5.41, 5.74) is 11.2. The molecule has 0 heterocycles. The smallest absolute Gasteiger partial charge is 0.152 e. The number of Topliss-reactive ketones (excluding diaryl/α,β-unsaturated/α-hetero) is 2. The predicted octanol–water partition coefficient (Wildman–Crippen LogP) is -0.135. The number of carbonyl (C=O) groups excluding carboxylic acids is 2. The minimum Gasteiger partial charge on any atom is -0.384 e. The zero-order valence-corrected chi connectivity index (χ0v) is 9.63. The van der Waals surface area contributed by atoms with Crippen molar-refractivity contribution in [3.8, 4) is 0 Å². The van der Waals surface area contributed by atoms with Crippen LogP contribution >= 0.6 is 0 Å². The van der Waals surface area contributed by atoms with Crippen LogP contribution in [0.4, 0.5) is 0 Å². The number of carbonyl (C=O) groups is 2. The molecule has 5 heteroatoms. The highest BCUT2D eigenvalue weighted by molar-refractivity contribution is 5.89. The van der Waals surface area contributed by atoms with Gasteiger partial charge in [-0.2, -0.15) is 0 Å².